The molecule has 4 rings (SSSR count). The van der Waals surface area contributed by atoms with Crippen molar-refractivity contribution < 1.29 is 9.84 Å². The van der Waals surface area contributed by atoms with Crippen molar-refractivity contribution in [3.8, 4) is 0 Å². The van der Waals surface area contributed by atoms with E-state index >= 15 is 0 Å². The highest BCUT2D eigenvalue weighted by molar-refractivity contribution is 5.35. The number of hydrogen-bond acceptors (Lipinski definition) is 4. The molecule has 0 aromatic heterocycles. The molecule has 0 aliphatic carbocycles. The lowest BCUT2D eigenvalue weighted by atomic mass is 9.71. The van der Waals surface area contributed by atoms with Crippen LogP contribution in [0, 0.1) is 6.92 Å². The zero-order valence-electron chi connectivity index (χ0n) is 20.1. The fraction of sp³-hybridized carbons (Fsp3) is 0.630. The number of benzene rings is 1. The van der Waals surface area contributed by atoms with Gasteiger partial charge in [0.05, 0.1) is 17.8 Å². The van der Waals surface area contributed by atoms with Crippen LogP contribution in [0.4, 0.5) is 0 Å². The molecule has 170 valence electrons. The van der Waals surface area contributed by atoms with Crippen molar-refractivity contribution in [2.24, 2.45) is 0 Å². The van der Waals surface area contributed by atoms with Crippen molar-refractivity contribution in [2.45, 2.75) is 97.4 Å². The average molecular weight is 425 g/mol. The van der Waals surface area contributed by atoms with Crippen LogP contribution in [0.1, 0.15) is 82.9 Å². The minimum Gasteiger partial charge on any atom is -0.487 e. The molecule has 0 radical (unpaired) electrons. The number of piperidine rings is 1. The second-order valence-electron chi connectivity index (χ2n) is 9.86. The largest absolute Gasteiger partial charge is 0.487 e. The van der Waals surface area contributed by atoms with Gasteiger partial charge in [-0.05, 0) is 50.3 Å². The molecule has 3 aliphatic heterocycles. The fourth-order valence-electron chi connectivity index (χ4n) is 6.15. The molecular weight excluding hydrogens is 384 g/mol. The number of ether oxygens (including phenoxy) is 1. The molecule has 31 heavy (non-hydrogen) atoms. The number of likely N-dealkylation sites (tertiary alicyclic amines) is 1. The fourth-order valence-corrected chi connectivity index (χ4v) is 6.15. The van der Waals surface area contributed by atoms with Crippen molar-refractivity contribution in [2.75, 3.05) is 13.1 Å². The quantitative estimate of drug-likeness (QED) is 0.641. The Bertz CT molecular complexity index is 879. The lowest BCUT2D eigenvalue weighted by molar-refractivity contribution is -0.153. The van der Waals surface area contributed by atoms with E-state index in [1.54, 1.807) is 0 Å². The van der Waals surface area contributed by atoms with Gasteiger partial charge < -0.3 is 14.7 Å². The van der Waals surface area contributed by atoms with Crippen LogP contribution in [0.5, 0.6) is 0 Å². The van der Waals surface area contributed by atoms with E-state index in [0.717, 1.165) is 63.7 Å². The van der Waals surface area contributed by atoms with Crippen molar-refractivity contribution in [3.63, 3.8) is 0 Å². The van der Waals surface area contributed by atoms with Crippen LogP contribution in [0.3, 0.4) is 0 Å². The summed E-state index contributed by atoms with van der Waals surface area (Å²) >= 11 is 0. The standard InChI is InChI=1S/C27H40N2O2/c1-6-9-24-25(7-2)31-27(26(5)13-12-20(3)29(24)26)14-16-28(17-15-27)18-22-10-8-11-23(19-30)21(22)4/h8,10-12,30H,6-7,9,13-19H2,1-5H3. The van der Waals surface area contributed by atoms with Gasteiger partial charge in [0.1, 0.15) is 11.4 Å². The molecule has 1 fully saturated rings. The second kappa shape index (κ2) is 8.63. The van der Waals surface area contributed by atoms with Gasteiger partial charge in [0.15, 0.2) is 0 Å². The summed E-state index contributed by atoms with van der Waals surface area (Å²) in [5.41, 5.74) is 6.31. The van der Waals surface area contributed by atoms with Crippen molar-refractivity contribution >= 4 is 0 Å². The Balaban J connectivity index is 1.56. The Morgan fingerprint density at radius 3 is 2.45 bits per heavy atom. The van der Waals surface area contributed by atoms with Crippen LogP contribution >= 0.6 is 0 Å². The maximum atomic E-state index is 9.62. The predicted molar refractivity (Wildman–Crippen MR) is 126 cm³/mol. The van der Waals surface area contributed by atoms with Gasteiger partial charge in [-0.1, -0.05) is 44.5 Å². The molecule has 3 heterocycles. The van der Waals surface area contributed by atoms with E-state index in [9.17, 15) is 5.11 Å². The third-order valence-corrected chi connectivity index (χ3v) is 8.13. The smallest absolute Gasteiger partial charge is 0.134 e. The van der Waals surface area contributed by atoms with Gasteiger partial charge in [0.2, 0.25) is 0 Å². The molecule has 1 saturated heterocycles. The summed E-state index contributed by atoms with van der Waals surface area (Å²) < 4.78 is 7.00. The number of rotatable bonds is 6. The molecular formula is C27H40N2O2. The van der Waals surface area contributed by atoms with Crippen LogP contribution < -0.4 is 0 Å². The lowest BCUT2D eigenvalue weighted by Crippen LogP contribution is -2.66. The maximum absolute atomic E-state index is 9.62. The normalized spacial score (nSPS) is 25.6. The third kappa shape index (κ3) is 3.62. The molecule has 0 bridgehead atoms. The predicted octanol–water partition coefficient (Wildman–Crippen LogP) is 5.64. The zero-order valence-corrected chi connectivity index (χ0v) is 20.1. The Kier molecular flexibility index (Phi) is 6.24. The van der Waals surface area contributed by atoms with Gasteiger partial charge in [-0.25, -0.2) is 0 Å². The Hall–Kier alpha value is -1.78. The highest BCUT2D eigenvalue weighted by atomic mass is 16.5. The molecule has 1 unspecified atom stereocenters. The van der Waals surface area contributed by atoms with E-state index in [0.29, 0.717) is 0 Å². The monoisotopic (exact) mass is 424 g/mol. The van der Waals surface area contributed by atoms with E-state index < -0.39 is 0 Å². The third-order valence-electron chi connectivity index (χ3n) is 8.13. The molecule has 1 atom stereocenters. The van der Waals surface area contributed by atoms with Crippen LogP contribution in [0.25, 0.3) is 0 Å². The molecule has 1 aromatic rings. The number of aliphatic hydroxyl groups excluding tert-OH is 1. The zero-order chi connectivity index (χ0) is 22.2. The number of allylic oxidation sites excluding steroid dienone is 3. The van der Waals surface area contributed by atoms with Crippen LogP contribution in [0.2, 0.25) is 0 Å². The summed E-state index contributed by atoms with van der Waals surface area (Å²) in [4.78, 5) is 5.22. The number of aliphatic hydroxyl groups is 1. The summed E-state index contributed by atoms with van der Waals surface area (Å²) in [6.45, 7) is 14.5. The van der Waals surface area contributed by atoms with Gasteiger partial charge in [-0.3, -0.25) is 4.90 Å². The van der Waals surface area contributed by atoms with Gasteiger partial charge in [0.25, 0.3) is 0 Å². The van der Waals surface area contributed by atoms with Gasteiger partial charge in [-0.2, -0.15) is 0 Å². The molecule has 3 aliphatic rings. The first-order chi connectivity index (χ1) is 14.9. The molecule has 0 amide bonds. The van der Waals surface area contributed by atoms with E-state index in [2.05, 4.69) is 62.6 Å². The van der Waals surface area contributed by atoms with E-state index in [1.165, 1.54) is 28.3 Å². The van der Waals surface area contributed by atoms with Crippen LogP contribution in [0.15, 0.2) is 41.4 Å². The number of nitrogens with zero attached hydrogens (tertiary/aromatic N) is 2. The number of fused-ring (bicyclic) bond motifs is 2. The van der Waals surface area contributed by atoms with Gasteiger partial charge in [0, 0.05) is 44.6 Å². The second-order valence-corrected chi connectivity index (χ2v) is 9.86. The summed E-state index contributed by atoms with van der Waals surface area (Å²) in [5.74, 6) is 1.22. The van der Waals surface area contributed by atoms with Crippen molar-refractivity contribution in [1.29, 1.82) is 0 Å². The van der Waals surface area contributed by atoms with Crippen LogP contribution in [-0.2, 0) is 17.9 Å². The summed E-state index contributed by atoms with van der Waals surface area (Å²) in [7, 11) is 0. The topological polar surface area (TPSA) is 35.9 Å². The minimum absolute atomic E-state index is 0.0130. The summed E-state index contributed by atoms with van der Waals surface area (Å²) in [5, 5.41) is 9.62. The maximum Gasteiger partial charge on any atom is 0.134 e. The molecule has 4 heteroatoms. The first-order valence-corrected chi connectivity index (χ1v) is 12.2. The highest BCUT2D eigenvalue weighted by Gasteiger charge is 2.59. The Labute approximate surface area is 188 Å². The minimum atomic E-state index is -0.123. The SMILES string of the molecule is CCCC1=C(CC)OC2(CCN(Cc3cccc(CO)c3C)CC2)C2(C)CC=C(C)N12. The lowest BCUT2D eigenvalue weighted by Gasteiger charge is -2.59. The Morgan fingerprint density at radius 2 is 1.81 bits per heavy atom. The first kappa shape index (κ1) is 22.4. The van der Waals surface area contributed by atoms with Gasteiger partial charge in [-0.15, -0.1) is 0 Å². The van der Waals surface area contributed by atoms with E-state index in [1.807, 2.05) is 6.07 Å². The summed E-state index contributed by atoms with van der Waals surface area (Å²) in [6.07, 6.45) is 8.82. The Morgan fingerprint density at radius 1 is 1.10 bits per heavy atom. The molecule has 1 N–H and O–H groups in total. The molecule has 1 spiro atoms. The molecule has 1 aromatic carbocycles. The van der Waals surface area contributed by atoms with Crippen molar-refractivity contribution in [1.82, 2.24) is 9.80 Å². The summed E-state index contributed by atoms with van der Waals surface area (Å²) in [6, 6.07) is 6.30. The molecule has 0 saturated carbocycles. The van der Waals surface area contributed by atoms with Crippen molar-refractivity contribution in [3.05, 3.63) is 58.1 Å². The molecule has 4 nitrogen and oxygen atoms in total. The average Bonchev–Trinajstić information content (AvgIpc) is 3.09. The highest BCUT2D eigenvalue weighted by Crippen LogP contribution is 2.54. The van der Waals surface area contributed by atoms with E-state index in [-0.39, 0.29) is 17.7 Å². The van der Waals surface area contributed by atoms with Crippen LogP contribution in [-0.4, -0.2) is 39.1 Å². The van der Waals surface area contributed by atoms with Gasteiger partial charge >= 0.3 is 0 Å². The first-order valence-electron chi connectivity index (χ1n) is 12.2. The number of hydrogen-bond donors (Lipinski definition) is 1. The van der Waals surface area contributed by atoms with E-state index in [4.69, 9.17) is 4.74 Å².